The summed E-state index contributed by atoms with van der Waals surface area (Å²) in [6.45, 7) is 2.07. The molecule has 4 heteroatoms. The summed E-state index contributed by atoms with van der Waals surface area (Å²) in [7, 11) is 0. The molecular weight excluding hydrogens is 304 g/mol. The van der Waals surface area contributed by atoms with Gasteiger partial charge in [0.25, 0.3) is 0 Å². The Kier molecular flexibility index (Phi) is 4.93. The van der Waals surface area contributed by atoms with Crippen molar-refractivity contribution in [1.29, 1.82) is 0 Å². The Morgan fingerprint density at radius 3 is 2.78 bits per heavy atom. The molecule has 3 aromatic rings. The molecule has 3 rings (SSSR count). The Hall–Kier alpha value is -2.33. The first kappa shape index (κ1) is 15.6. The van der Waals surface area contributed by atoms with E-state index in [4.69, 9.17) is 0 Å². The molecule has 0 aliphatic heterocycles. The number of pyridine rings is 1. The van der Waals surface area contributed by atoms with Crippen LogP contribution in [0, 0.1) is 6.92 Å². The fourth-order valence-electron chi connectivity index (χ4n) is 2.46. The number of hydrogen-bond donors (Lipinski definition) is 0. The SMILES string of the molecule is Cc1cccc(CCC(=O)Cc2nc(-c3ccncc3)cs2)c1. The van der Waals surface area contributed by atoms with E-state index in [1.54, 1.807) is 23.7 Å². The number of nitrogens with zero attached hydrogens (tertiary/aromatic N) is 2. The number of benzene rings is 1. The molecule has 0 aliphatic carbocycles. The zero-order chi connectivity index (χ0) is 16.1. The zero-order valence-electron chi connectivity index (χ0n) is 13.0. The lowest BCUT2D eigenvalue weighted by Gasteiger charge is -2.02. The van der Waals surface area contributed by atoms with Crippen LogP contribution in [-0.4, -0.2) is 15.8 Å². The average molecular weight is 322 g/mol. The van der Waals surface area contributed by atoms with E-state index >= 15 is 0 Å². The van der Waals surface area contributed by atoms with Crippen molar-refractivity contribution >= 4 is 17.1 Å². The fraction of sp³-hybridized carbons (Fsp3) is 0.211. The number of Topliss-reactive ketones (excluding diaryl/α,β-unsaturated/α-hetero) is 1. The second-order valence-corrected chi connectivity index (χ2v) is 6.51. The standard InChI is InChI=1S/C19H18N2OS/c1-14-3-2-4-15(11-14)5-6-17(22)12-19-21-18(13-23-19)16-7-9-20-10-8-16/h2-4,7-11,13H,5-6,12H2,1H3. The highest BCUT2D eigenvalue weighted by Gasteiger charge is 2.09. The molecule has 0 bridgehead atoms. The normalized spacial score (nSPS) is 10.7. The average Bonchev–Trinajstić information content (AvgIpc) is 3.02. The van der Waals surface area contributed by atoms with Crippen LogP contribution >= 0.6 is 11.3 Å². The van der Waals surface area contributed by atoms with Gasteiger partial charge in [0.05, 0.1) is 12.1 Å². The van der Waals surface area contributed by atoms with Crippen molar-refractivity contribution < 1.29 is 4.79 Å². The first-order chi connectivity index (χ1) is 11.2. The van der Waals surface area contributed by atoms with E-state index in [2.05, 4.69) is 35.1 Å². The maximum atomic E-state index is 12.2. The van der Waals surface area contributed by atoms with E-state index in [0.29, 0.717) is 12.8 Å². The van der Waals surface area contributed by atoms with E-state index in [0.717, 1.165) is 22.7 Å². The van der Waals surface area contributed by atoms with Crippen LogP contribution in [0.2, 0.25) is 0 Å². The van der Waals surface area contributed by atoms with Crippen molar-refractivity contribution in [3.05, 3.63) is 70.3 Å². The summed E-state index contributed by atoms with van der Waals surface area (Å²) in [6.07, 6.45) is 5.28. The second-order valence-electron chi connectivity index (χ2n) is 5.57. The largest absolute Gasteiger partial charge is 0.299 e. The highest BCUT2D eigenvalue weighted by Crippen LogP contribution is 2.21. The lowest BCUT2D eigenvalue weighted by Crippen LogP contribution is -2.04. The van der Waals surface area contributed by atoms with Gasteiger partial charge >= 0.3 is 0 Å². The number of ketones is 1. The van der Waals surface area contributed by atoms with Crippen LogP contribution in [0.3, 0.4) is 0 Å². The van der Waals surface area contributed by atoms with Gasteiger partial charge in [-0.25, -0.2) is 4.98 Å². The van der Waals surface area contributed by atoms with E-state index in [1.165, 1.54) is 11.1 Å². The third-order valence-electron chi connectivity index (χ3n) is 3.65. The van der Waals surface area contributed by atoms with Crippen LogP contribution in [0.15, 0.2) is 54.2 Å². The minimum absolute atomic E-state index is 0.238. The van der Waals surface area contributed by atoms with Gasteiger partial charge < -0.3 is 0 Å². The Morgan fingerprint density at radius 1 is 1.17 bits per heavy atom. The number of aryl methyl sites for hydroxylation is 2. The van der Waals surface area contributed by atoms with E-state index in [-0.39, 0.29) is 5.78 Å². The van der Waals surface area contributed by atoms with Crippen molar-refractivity contribution in [1.82, 2.24) is 9.97 Å². The topological polar surface area (TPSA) is 42.9 Å². The van der Waals surface area contributed by atoms with Crippen LogP contribution in [-0.2, 0) is 17.6 Å². The molecular formula is C19H18N2OS. The number of thiazole rings is 1. The van der Waals surface area contributed by atoms with Gasteiger partial charge in [-0.15, -0.1) is 11.3 Å². The number of hydrogen-bond acceptors (Lipinski definition) is 4. The zero-order valence-corrected chi connectivity index (χ0v) is 13.8. The predicted molar refractivity (Wildman–Crippen MR) is 93.6 cm³/mol. The van der Waals surface area contributed by atoms with Crippen molar-refractivity contribution in [3.8, 4) is 11.3 Å². The van der Waals surface area contributed by atoms with Gasteiger partial charge in [0.2, 0.25) is 0 Å². The van der Waals surface area contributed by atoms with Gasteiger partial charge in [-0.2, -0.15) is 0 Å². The molecule has 2 aromatic heterocycles. The van der Waals surface area contributed by atoms with Crippen molar-refractivity contribution in [2.75, 3.05) is 0 Å². The molecule has 2 heterocycles. The Bertz CT molecular complexity index is 796. The highest BCUT2D eigenvalue weighted by molar-refractivity contribution is 7.10. The minimum Gasteiger partial charge on any atom is -0.299 e. The monoisotopic (exact) mass is 322 g/mol. The lowest BCUT2D eigenvalue weighted by atomic mass is 10.0. The molecule has 0 fully saturated rings. The molecule has 0 aliphatic rings. The molecule has 0 radical (unpaired) electrons. The molecule has 0 saturated heterocycles. The number of carbonyl (C=O) groups is 1. The summed E-state index contributed by atoms with van der Waals surface area (Å²) < 4.78 is 0. The summed E-state index contributed by atoms with van der Waals surface area (Å²) in [5.41, 5.74) is 4.40. The van der Waals surface area contributed by atoms with Gasteiger partial charge in [0.15, 0.2) is 0 Å². The van der Waals surface area contributed by atoms with Gasteiger partial charge in [0, 0.05) is 29.8 Å². The molecule has 0 atom stereocenters. The first-order valence-corrected chi connectivity index (χ1v) is 8.51. The minimum atomic E-state index is 0.238. The van der Waals surface area contributed by atoms with Crippen molar-refractivity contribution in [2.45, 2.75) is 26.2 Å². The third-order valence-corrected chi connectivity index (χ3v) is 4.50. The summed E-state index contributed by atoms with van der Waals surface area (Å²) in [4.78, 5) is 20.7. The maximum absolute atomic E-state index is 12.2. The van der Waals surface area contributed by atoms with Gasteiger partial charge in [-0.1, -0.05) is 29.8 Å². The van der Waals surface area contributed by atoms with Crippen molar-refractivity contribution in [3.63, 3.8) is 0 Å². The first-order valence-electron chi connectivity index (χ1n) is 7.63. The van der Waals surface area contributed by atoms with Crippen molar-refractivity contribution in [2.24, 2.45) is 0 Å². The number of carbonyl (C=O) groups excluding carboxylic acids is 1. The molecule has 0 N–H and O–H groups in total. The Labute approximate surface area is 140 Å². The van der Waals surface area contributed by atoms with E-state index in [9.17, 15) is 4.79 Å². The van der Waals surface area contributed by atoms with Crippen LogP contribution in [0.4, 0.5) is 0 Å². The third kappa shape index (κ3) is 4.33. The van der Waals surface area contributed by atoms with Crippen LogP contribution in [0.1, 0.15) is 22.6 Å². The number of aromatic nitrogens is 2. The van der Waals surface area contributed by atoms with Gasteiger partial charge in [0.1, 0.15) is 10.8 Å². The summed E-state index contributed by atoms with van der Waals surface area (Å²) in [6, 6.07) is 12.2. The molecule has 0 spiro atoms. The maximum Gasteiger partial charge on any atom is 0.140 e. The second kappa shape index (κ2) is 7.29. The summed E-state index contributed by atoms with van der Waals surface area (Å²) in [5, 5.41) is 2.88. The van der Waals surface area contributed by atoms with Gasteiger partial charge in [-0.05, 0) is 31.0 Å². The Morgan fingerprint density at radius 2 is 2.00 bits per heavy atom. The fourth-order valence-corrected chi connectivity index (χ4v) is 3.29. The predicted octanol–water partition coefficient (Wildman–Crippen LogP) is 4.26. The van der Waals surface area contributed by atoms with Crippen LogP contribution in [0.5, 0.6) is 0 Å². The highest BCUT2D eigenvalue weighted by atomic mass is 32.1. The van der Waals surface area contributed by atoms with Crippen LogP contribution < -0.4 is 0 Å². The summed E-state index contributed by atoms with van der Waals surface area (Å²) in [5.74, 6) is 0.238. The molecule has 0 amide bonds. The van der Waals surface area contributed by atoms with Gasteiger partial charge in [-0.3, -0.25) is 9.78 Å². The molecule has 0 unspecified atom stereocenters. The molecule has 116 valence electrons. The van der Waals surface area contributed by atoms with Crippen LogP contribution in [0.25, 0.3) is 11.3 Å². The molecule has 3 nitrogen and oxygen atoms in total. The quantitative estimate of drug-likeness (QED) is 0.681. The molecule has 23 heavy (non-hydrogen) atoms. The van der Waals surface area contributed by atoms with E-state index in [1.807, 2.05) is 23.6 Å². The molecule has 0 saturated carbocycles. The Balaban J connectivity index is 1.57. The molecule has 1 aromatic carbocycles. The smallest absolute Gasteiger partial charge is 0.140 e. The number of rotatable bonds is 6. The lowest BCUT2D eigenvalue weighted by molar-refractivity contribution is -0.118. The van der Waals surface area contributed by atoms with E-state index < -0.39 is 0 Å². The summed E-state index contributed by atoms with van der Waals surface area (Å²) >= 11 is 1.54.